The molecule has 0 amide bonds. The zero-order chi connectivity index (χ0) is 14.8. The van der Waals surface area contributed by atoms with Gasteiger partial charge >= 0.3 is 0 Å². The Morgan fingerprint density at radius 2 is 2.25 bits per heavy atom. The molecule has 20 heavy (non-hydrogen) atoms. The van der Waals surface area contributed by atoms with Crippen LogP contribution in [0.1, 0.15) is 27.7 Å². The molecule has 1 fully saturated rings. The lowest BCUT2D eigenvalue weighted by molar-refractivity contribution is -0.0790. The lowest BCUT2D eigenvalue weighted by Crippen LogP contribution is -2.55. The van der Waals surface area contributed by atoms with Gasteiger partial charge in [0, 0.05) is 19.6 Å². The smallest absolute Gasteiger partial charge is 0.234 e. The summed E-state index contributed by atoms with van der Waals surface area (Å²) < 4.78 is 11.5. The zero-order valence-corrected chi connectivity index (χ0v) is 12.7. The van der Waals surface area contributed by atoms with E-state index in [4.69, 9.17) is 15.2 Å². The van der Waals surface area contributed by atoms with Crippen LogP contribution >= 0.6 is 0 Å². The molecule has 1 aliphatic rings. The number of aromatic nitrogens is 2. The topological polar surface area (TPSA) is 73.5 Å². The van der Waals surface area contributed by atoms with Crippen LogP contribution in [0.3, 0.4) is 0 Å². The number of rotatable bonds is 4. The number of anilines is 1. The van der Waals surface area contributed by atoms with Gasteiger partial charge in [-0.3, -0.25) is 4.98 Å². The summed E-state index contributed by atoms with van der Waals surface area (Å²) in [6, 6.07) is 0. The second kappa shape index (κ2) is 5.93. The van der Waals surface area contributed by atoms with Crippen molar-refractivity contribution in [3.8, 4) is 5.88 Å². The van der Waals surface area contributed by atoms with Gasteiger partial charge in [-0.2, -0.15) is 4.98 Å². The van der Waals surface area contributed by atoms with Gasteiger partial charge in [0.2, 0.25) is 5.88 Å². The van der Waals surface area contributed by atoms with Gasteiger partial charge in [0.1, 0.15) is 0 Å². The number of ether oxygens (including phenoxy) is 2. The van der Waals surface area contributed by atoms with Crippen molar-refractivity contribution < 1.29 is 9.47 Å². The zero-order valence-electron chi connectivity index (χ0n) is 12.7. The minimum absolute atomic E-state index is 0.00947. The first-order valence-corrected chi connectivity index (χ1v) is 7.01. The number of nitrogens with zero attached hydrogens (tertiary/aromatic N) is 3. The summed E-state index contributed by atoms with van der Waals surface area (Å²) in [5.74, 6) is 1.35. The van der Waals surface area contributed by atoms with Crippen LogP contribution in [0.5, 0.6) is 5.88 Å². The molecule has 0 radical (unpaired) electrons. The van der Waals surface area contributed by atoms with Gasteiger partial charge in [-0.15, -0.1) is 0 Å². The Bertz CT molecular complexity index is 451. The third-order valence-corrected chi connectivity index (χ3v) is 3.02. The van der Waals surface area contributed by atoms with Gasteiger partial charge in [0.05, 0.1) is 30.2 Å². The van der Waals surface area contributed by atoms with Crippen LogP contribution in [0, 0.1) is 0 Å². The molecule has 0 aromatic carbocycles. The van der Waals surface area contributed by atoms with Crippen molar-refractivity contribution in [1.82, 2.24) is 9.97 Å². The fourth-order valence-electron chi connectivity index (χ4n) is 2.38. The monoisotopic (exact) mass is 280 g/mol. The second-order valence-corrected chi connectivity index (χ2v) is 6.00. The maximum absolute atomic E-state index is 5.92. The van der Waals surface area contributed by atoms with Crippen LogP contribution in [-0.2, 0) is 4.74 Å². The number of hydrogen-bond acceptors (Lipinski definition) is 6. The predicted octanol–water partition coefficient (Wildman–Crippen LogP) is 1.21. The van der Waals surface area contributed by atoms with E-state index in [1.807, 2.05) is 13.8 Å². The average Bonchev–Trinajstić information content (AvgIpc) is 2.36. The molecule has 2 heterocycles. The Morgan fingerprint density at radius 3 is 2.90 bits per heavy atom. The van der Waals surface area contributed by atoms with Gasteiger partial charge in [-0.05, 0) is 27.7 Å². The summed E-state index contributed by atoms with van der Waals surface area (Å²) in [6.45, 7) is 10.0. The van der Waals surface area contributed by atoms with Crippen molar-refractivity contribution >= 4 is 5.82 Å². The number of hydrogen-bond donors (Lipinski definition) is 1. The highest BCUT2D eigenvalue weighted by Gasteiger charge is 2.33. The second-order valence-electron chi connectivity index (χ2n) is 6.00. The molecule has 0 saturated carbocycles. The fourth-order valence-corrected chi connectivity index (χ4v) is 2.38. The third-order valence-electron chi connectivity index (χ3n) is 3.02. The molecule has 0 bridgehead atoms. The molecule has 2 N–H and O–H groups in total. The first-order valence-electron chi connectivity index (χ1n) is 7.01. The van der Waals surface area contributed by atoms with Gasteiger partial charge in [-0.25, -0.2) is 0 Å². The molecule has 1 saturated heterocycles. The van der Waals surface area contributed by atoms with Gasteiger partial charge in [0.15, 0.2) is 5.82 Å². The summed E-state index contributed by atoms with van der Waals surface area (Å²) in [6.07, 6.45) is 3.48. The number of morpholine rings is 1. The summed E-state index contributed by atoms with van der Waals surface area (Å²) in [4.78, 5) is 10.9. The highest BCUT2D eigenvalue weighted by Crippen LogP contribution is 2.25. The SMILES string of the molecule is CC(C)Oc1cncc(N2CC(CN)OC(C)(C)C2)n1. The van der Waals surface area contributed by atoms with E-state index in [9.17, 15) is 0 Å². The van der Waals surface area contributed by atoms with Gasteiger partial charge < -0.3 is 20.1 Å². The van der Waals surface area contributed by atoms with Crippen LogP contribution < -0.4 is 15.4 Å². The van der Waals surface area contributed by atoms with Gasteiger partial charge in [0.25, 0.3) is 0 Å². The van der Waals surface area contributed by atoms with Crippen LogP contribution in [0.25, 0.3) is 0 Å². The maximum Gasteiger partial charge on any atom is 0.234 e. The molecule has 2 rings (SSSR count). The standard InChI is InChI=1S/C14H24N4O2/c1-10(2)19-13-7-16-6-12(17-13)18-8-11(5-15)20-14(3,4)9-18/h6-7,10-11H,5,8-9,15H2,1-4H3. The van der Waals surface area contributed by atoms with Crippen LogP contribution in [0.2, 0.25) is 0 Å². The predicted molar refractivity (Wildman–Crippen MR) is 78.0 cm³/mol. The van der Waals surface area contributed by atoms with Crippen molar-refractivity contribution in [3.63, 3.8) is 0 Å². The minimum Gasteiger partial charge on any atom is -0.474 e. The van der Waals surface area contributed by atoms with Crippen molar-refractivity contribution in [3.05, 3.63) is 12.4 Å². The number of nitrogens with two attached hydrogens (primary N) is 1. The van der Waals surface area contributed by atoms with E-state index < -0.39 is 0 Å². The summed E-state index contributed by atoms with van der Waals surface area (Å²) in [7, 11) is 0. The highest BCUT2D eigenvalue weighted by molar-refractivity contribution is 5.39. The summed E-state index contributed by atoms with van der Waals surface area (Å²) >= 11 is 0. The molecule has 1 unspecified atom stereocenters. The van der Waals surface area contributed by atoms with E-state index in [1.165, 1.54) is 0 Å². The molecule has 0 spiro atoms. The van der Waals surface area contributed by atoms with Crippen molar-refractivity contribution in [2.45, 2.75) is 45.5 Å². The van der Waals surface area contributed by atoms with Crippen molar-refractivity contribution in [2.24, 2.45) is 5.73 Å². The first-order chi connectivity index (χ1) is 9.39. The van der Waals surface area contributed by atoms with Crippen LogP contribution in [0.4, 0.5) is 5.82 Å². The van der Waals surface area contributed by atoms with Crippen molar-refractivity contribution in [2.75, 3.05) is 24.5 Å². The Hall–Kier alpha value is -1.40. The largest absolute Gasteiger partial charge is 0.474 e. The van der Waals surface area contributed by atoms with E-state index in [1.54, 1.807) is 12.4 Å². The highest BCUT2D eigenvalue weighted by atomic mass is 16.5. The summed E-state index contributed by atoms with van der Waals surface area (Å²) in [5.41, 5.74) is 5.50. The Kier molecular flexibility index (Phi) is 4.45. The minimum atomic E-state index is -0.251. The first kappa shape index (κ1) is 15.0. The lowest BCUT2D eigenvalue weighted by atomic mass is 10.1. The molecule has 1 aromatic heterocycles. The Labute approximate surface area is 120 Å². The molecule has 6 nitrogen and oxygen atoms in total. The fraction of sp³-hybridized carbons (Fsp3) is 0.714. The molecule has 0 aliphatic carbocycles. The molecule has 112 valence electrons. The van der Waals surface area contributed by atoms with E-state index in [0.29, 0.717) is 12.4 Å². The molecule has 1 aromatic rings. The van der Waals surface area contributed by atoms with E-state index in [-0.39, 0.29) is 17.8 Å². The molecular weight excluding hydrogens is 256 g/mol. The lowest BCUT2D eigenvalue weighted by Gasteiger charge is -2.42. The molecular formula is C14H24N4O2. The summed E-state index contributed by atoms with van der Waals surface area (Å²) in [5, 5.41) is 0. The normalized spacial score (nSPS) is 22.1. The molecule has 1 aliphatic heterocycles. The Balaban J connectivity index is 2.17. The molecule has 6 heteroatoms. The van der Waals surface area contributed by atoms with Crippen LogP contribution in [-0.4, -0.2) is 47.4 Å². The third kappa shape index (κ3) is 3.80. The molecule has 1 atom stereocenters. The van der Waals surface area contributed by atoms with Gasteiger partial charge in [-0.1, -0.05) is 0 Å². The Morgan fingerprint density at radius 1 is 1.50 bits per heavy atom. The van der Waals surface area contributed by atoms with E-state index in [0.717, 1.165) is 18.9 Å². The van der Waals surface area contributed by atoms with E-state index in [2.05, 4.69) is 28.7 Å². The van der Waals surface area contributed by atoms with E-state index >= 15 is 0 Å². The quantitative estimate of drug-likeness (QED) is 0.893. The van der Waals surface area contributed by atoms with Crippen molar-refractivity contribution in [1.29, 1.82) is 0 Å². The van der Waals surface area contributed by atoms with Crippen LogP contribution in [0.15, 0.2) is 12.4 Å². The maximum atomic E-state index is 5.92. The average molecular weight is 280 g/mol.